The molecule has 0 nitrogen and oxygen atoms in total. The van der Waals surface area contributed by atoms with Gasteiger partial charge in [-0.15, -0.1) is 11.8 Å². The molecule has 0 bridgehead atoms. The highest BCUT2D eigenvalue weighted by molar-refractivity contribution is 8.12. The third kappa shape index (κ3) is 1.06. The monoisotopic (exact) mass is 146 g/mol. The molecule has 0 aromatic rings. The average molecular weight is 146 g/mol. The molecule has 0 fully saturated rings. The van der Waals surface area contributed by atoms with Crippen LogP contribution < -0.4 is 0 Å². The van der Waals surface area contributed by atoms with Crippen molar-refractivity contribution in [1.82, 2.24) is 0 Å². The molecule has 1 heterocycles. The predicted octanol–water partition coefficient (Wildman–Crippen LogP) is 2.53. The van der Waals surface area contributed by atoms with Crippen LogP contribution in [0.3, 0.4) is 0 Å². The highest BCUT2D eigenvalue weighted by Gasteiger charge is 2.19. The molecule has 0 amide bonds. The van der Waals surface area contributed by atoms with Gasteiger partial charge in [-0.05, 0) is 18.2 Å². The van der Waals surface area contributed by atoms with Crippen molar-refractivity contribution in [2.24, 2.45) is 5.92 Å². The first-order valence-electron chi connectivity index (χ1n) is 2.72. The highest BCUT2D eigenvalue weighted by Crippen LogP contribution is 2.36. The first-order chi connectivity index (χ1) is 3.72. The molecular weight excluding hydrogens is 136 g/mol. The Balaban J connectivity index is 2.59. The molecule has 2 unspecified atom stereocenters. The average Bonchev–Trinajstić information content (AvgIpc) is 1.98. The Bertz CT molecular complexity index is 118. The Hall–Kier alpha value is 0.440. The van der Waals surface area contributed by atoms with Crippen molar-refractivity contribution >= 4 is 24.4 Å². The number of allylic oxidation sites excluding steroid dienone is 1. The van der Waals surface area contributed by atoms with E-state index in [-0.39, 0.29) is 0 Å². The molecule has 1 aliphatic heterocycles. The van der Waals surface area contributed by atoms with Gasteiger partial charge in [-0.2, -0.15) is 12.6 Å². The van der Waals surface area contributed by atoms with Crippen molar-refractivity contribution in [3.05, 3.63) is 11.0 Å². The third-order valence-corrected chi connectivity index (χ3v) is 3.55. The van der Waals surface area contributed by atoms with Crippen LogP contribution in [0.15, 0.2) is 11.0 Å². The maximum Gasteiger partial charge on any atom is 0.0576 e. The molecule has 0 N–H and O–H groups in total. The van der Waals surface area contributed by atoms with Gasteiger partial charge in [0.2, 0.25) is 0 Å². The number of hydrogen-bond donors (Lipinski definition) is 1. The number of thiol groups is 1. The van der Waals surface area contributed by atoms with Crippen LogP contribution in [-0.2, 0) is 0 Å². The fourth-order valence-electron chi connectivity index (χ4n) is 0.627. The van der Waals surface area contributed by atoms with Crippen molar-refractivity contribution in [2.75, 3.05) is 0 Å². The SMILES string of the molecule is CC1=CSC(S)C1C. The summed E-state index contributed by atoms with van der Waals surface area (Å²) < 4.78 is 0.509. The van der Waals surface area contributed by atoms with Crippen LogP contribution in [0.1, 0.15) is 13.8 Å². The topological polar surface area (TPSA) is 0 Å². The van der Waals surface area contributed by atoms with Gasteiger partial charge in [0.25, 0.3) is 0 Å². The molecular formula is C6H10S2. The molecule has 0 saturated heterocycles. The zero-order chi connectivity index (χ0) is 6.15. The summed E-state index contributed by atoms with van der Waals surface area (Å²) in [6.45, 7) is 4.37. The molecule has 0 aromatic carbocycles. The Labute approximate surface area is 60.1 Å². The van der Waals surface area contributed by atoms with Crippen LogP contribution in [0.2, 0.25) is 0 Å². The molecule has 2 heteroatoms. The third-order valence-electron chi connectivity index (χ3n) is 1.54. The number of thioether (sulfide) groups is 1. The number of hydrogen-bond acceptors (Lipinski definition) is 2. The maximum atomic E-state index is 4.36. The van der Waals surface area contributed by atoms with Crippen molar-refractivity contribution < 1.29 is 0 Å². The second-order valence-electron chi connectivity index (χ2n) is 2.18. The molecule has 46 valence electrons. The second kappa shape index (κ2) is 2.36. The lowest BCUT2D eigenvalue weighted by molar-refractivity contribution is 0.771. The van der Waals surface area contributed by atoms with Gasteiger partial charge in [-0.3, -0.25) is 0 Å². The fourth-order valence-corrected chi connectivity index (χ4v) is 2.06. The molecule has 0 aliphatic carbocycles. The first kappa shape index (κ1) is 6.56. The van der Waals surface area contributed by atoms with Gasteiger partial charge in [0.05, 0.1) is 4.58 Å². The normalized spacial score (nSPS) is 37.6. The Morgan fingerprint density at radius 1 is 1.75 bits per heavy atom. The predicted molar refractivity (Wildman–Crippen MR) is 43.3 cm³/mol. The van der Waals surface area contributed by atoms with Crippen molar-refractivity contribution in [1.29, 1.82) is 0 Å². The zero-order valence-corrected chi connectivity index (χ0v) is 6.80. The van der Waals surface area contributed by atoms with Crippen LogP contribution in [-0.4, -0.2) is 4.58 Å². The van der Waals surface area contributed by atoms with E-state index in [1.54, 1.807) is 0 Å². The van der Waals surface area contributed by atoms with Crippen LogP contribution in [0, 0.1) is 5.92 Å². The van der Waals surface area contributed by atoms with Crippen molar-refractivity contribution in [3.8, 4) is 0 Å². The molecule has 0 saturated carbocycles. The Morgan fingerprint density at radius 2 is 2.38 bits per heavy atom. The Morgan fingerprint density at radius 3 is 2.50 bits per heavy atom. The second-order valence-corrected chi connectivity index (χ2v) is 4.10. The van der Waals surface area contributed by atoms with Gasteiger partial charge >= 0.3 is 0 Å². The number of rotatable bonds is 0. The van der Waals surface area contributed by atoms with Crippen molar-refractivity contribution in [2.45, 2.75) is 18.4 Å². The molecule has 1 rings (SSSR count). The van der Waals surface area contributed by atoms with Gasteiger partial charge in [0.1, 0.15) is 0 Å². The van der Waals surface area contributed by atoms with E-state index in [1.165, 1.54) is 5.57 Å². The summed E-state index contributed by atoms with van der Waals surface area (Å²) in [6.07, 6.45) is 0. The summed E-state index contributed by atoms with van der Waals surface area (Å²) in [7, 11) is 0. The summed E-state index contributed by atoms with van der Waals surface area (Å²) in [4.78, 5) is 0. The maximum absolute atomic E-state index is 4.36. The van der Waals surface area contributed by atoms with E-state index in [0.717, 1.165) is 0 Å². The van der Waals surface area contributed by atoms with Crippen LogP contribution in [0.5, 0.6) is 0 Å². The molecule has 0 aromatic heterocycles. The lowest BCUT2D eigenvalue weighted by Crippen LogP contribution is -2.01. The van der Waals surface area contributed by atoms with Gasteiger partial charge in [-0.1, -0.05) is 12.5 Å². The van der Waals surface area contributed by atoms with E-state index in [0.29, 0.717) is 10.5 Å². The highest BCUT2D eigenvalue weighted by atomic mass is 32.2. The molecule has 2 atom stereocenters. The summed E-state index contributed by atoms with van der Waals surface area (Å²) >= 11 is 6.17. The minimum absolute atomic E-state index is 0.509. The molecule has 0 radical (unpaired) electrons. The first-order valence-corrected chi connectivity index (χ1v) is 4.18. The Kier molecular flexibility index (Phi) is 1.93. The zero-order valence-electron chi connectivity index (χ0n) is 5.09. The van der Waals surface area contributed by atoms with E-state index >= 15 is 0 Å². The van der Waals surface area contributed by atoms with Crippen LogP contribution in [0.4, 0.5) is 0 Å². The molecule has 8 heavy (non-hydrogen) atoms. The summed E-state index contributed by atoms with van der Waals surface area (Å²) in [5.41, 5.74) is 1.47. The van der Waals surface area contributed by atoms with E-state index in [2.05, 4.69) is 31.9 Å². The van der Waals surface area contributed by atoms with Crippen LogP contribution >= 0.6 is 24.4 Å². The lowest BCUT2D eigenvalue weighted by Gasteiger charge is -2.07. The summed E-state index contributed by atoms with van der Waals surface area (Å²) in [5, 5.41) is 2.20. The van der Waals surface area contributed by atoms with Gasteiger partial charge in [-0.25, -0.2) is 0 Å². The summed E-state index contributed by atoms with van der Waals surface area (Å²) in [6, 6.07) is 0. The standard InChI is InChI=1S/C6H10S2/c1-4-3-8-6(7)5(4)2/h3,5-7H,1-2H3. The van der Waals surface area contributed by atoms with Crippen molar-refractivity contribution in [3.63, 3.8) is 0 Å². The van der Waals surface area contributed by atoms with Gasteiger partial charge < -0.3 is 0 Å². The van der Waals surface area contributed by atoms with Gasteiger partial charge in [0, 0.05) is 0 Å². The minimum atomic E-state index is 0.509. The quantitative estimate of drug-likeness (QED) is 0.512. The van der Waals surface area contributed by atoms with E-state index in [4.69, 9.17) is 0 Å². The molecule has 0 spiro atoms. The fraction of sp³-hybridized carbons (Fsp3) is 0.667. The van der Waals surface area contributed by atoms with Gasteiger partial charge in [0.15, 0.2) is 0 Å². The summed E-state index contributed by atoms with van der Waals surface area (Å²) in [5.74, 6) is 0.670. The van der Waals surface area contributed by atoms with E-state index in [1.807, 2.05) is 11.8 Å². The lowest BCUT2D eigenvalue weighted by atomic mass is 10.1. The van der Waals surface area contributed by atoms with E-state index < -0.39 is 0 Å². The largest absolute Gasteiger partial charge is 0.164 e. The van der Waals surface area contributed by atoms with E-state index in [9.17, 15) is 0 Å². The molecule has 1 aliphatic rings. The smallest absolute Gasteiger partial charge is 0.0576 e. The minimum Gasteiger partial charge on any atom is -0.164 e. The van der Waals surface area contributed by atoms with Crippen LogP contribution in [0.25, 0.3) is 0 Å².